The Labute approximate surface area is 162 Å². The van der Waals surface area contributed by atoms with Crippen molar-refractivity contribution in [1.29, 1.82) is 5.26 Å². The molecule has 6 nitrogen and oxygen atoms in total. The molecule has 2 aromatic heterocycles. The van der Waals surface area contributed by atoms with Gasteiger partial charge in [0, 0.05) is 4.88 Å². The minimum absolute atomic E-state index is 0.0420. The fourth-order valence-electron chi connectivity index (χ4n) is 3.29. The number of fused-ring (bicyclic) bond motifs is 1. The Hall–Kier alpha value is -2.59. The summed E-state index contributed by atoms with van der Waals surface area (Å²) in [5, 5.41) is 12.8. The molecule has 27 heavy (non-hydrogen) atoms. The second-order valence-corrected chi connectivity index (χ2v) is 8.83. The maximum absolute atomic E-state index is 12.2. The molecular weight excluding hydrogens is 364 g/mol. The van der Waals surface area contributed by atoms with Gasteiger partial charge in [-0.1, -0.05) is 20.8 Å². The van der Waals surface area contributed by atoms with Crippen LogP contribution in [0.4, 0.5) is 5.00 Å². The van der Waals surface area contributed by atoms with Crippen LogP contribution in [0.15, 0.2) is 22.8 Å². The summed E-state index contributed by atoms with van der Waals surface area (Å²) in [6.07, 6.45) is 4.16. The monoisotopic (exact) mass is 386 g/mol. The molecule has 3 rings (SSSR count). The van der Waals surface area contributed by atoms with Crippen LogP contribution in [0.25, 0.3) is 0 Å². The molecule has 0 spiro atoms. The van der Waals surface area contributed by atoms with Gasteiger partial charge in [0.2, 0.25) is 5.76 Å². The van der Waals surface area contributed by atoms with Crippen molar-refractivity contribution in [2.24, 2.45) is 11.3 Å². The average Bonchev–Trinajstić information content (AvgIpc) is 3.25. The first kappa shape index (κ1) is 19.2. The van der Waals surface area contributed by atoms with E-state index in [1.54, 1.807) is 6.07 Å². The van der Waals surface area contributed by atoms with Crippen LogP contribution in [-0.2, 0) is 22.4 Å². The summed E-state index contributed by atoms with van der Waals surface area (Å²) < 4.78 is 9.86. The highest BCUT2D eigenvalue weighted by Gasteiger charge is 2.32. The quantitative estimate of drug-likeness (QED) is 0.797. The number of nitriles is 1. The Morgan fingerprint density at radius 3 is 2.85 bits per heavy atom. The van der Waals surface area contributed by atoms with Crippen molar-refractivity contribution in [3.63, 3.8) is 0 Å². The van der Waals surface area contributed by atoms with Crippen LogP contribution in [0.1, 0.15) is 53.8 Å². The number of anilines is 1. The van der Waals surface area contributed by atoms with Crippen LogP contribution in [0, 0.1) is 22.7 Å². The van der Waals surface area contributed by atoms with Crippen molar-refractivity contribution >= 4 is 28.2 Å². The lowest BCUT2D eigenvalue weighted by Crippen LogP contribution is -2.26. The molecule has 1 amide bonds. The predicted molar refractivity (Wildman–Crippen MR) is 102 cm³/mol. The lowest BCUT2D eigenvalue weighted by molar-refractivity contribution is -0.119. The van der Waals surface area contributed by atoms with Crippen molar-refractivity contribution in [1.82, 2.24) is 0 Å². The third-order valence-corrected chi connectivity index (χ3v) is 6.08. The number of hydrogen-bond donors (Lipinski definition) is 1. The number of hydrogen-bond acceptors (Lipinski definition) is 6. The number of carbonyl (C=O) groups excluding carboxylic acids is 2. The first-order valence-electron chi connectivity index (χ1n) is 8.84. The summed E-state index contributed by atoms with van der Waals surface area (Å²) >= 11 is 1.45. The zero-order valence-corrected chi connectivity index (χ0v) is 16.4. The largest absolute Gasteiger partial charge is 0.457 e. The molecule has 1 N–H and O–H groups in total. The molecule has 7 heteroatoms. The van der Waals surface area contributed by atoms with Crippen molar-refractivity contribution in [2.45, 2.75) is 40.0 Å². The zero-order valence-electron chi connectivity index (χ0n) is 15.6. The van der Waals surface area contributed by atoms with Crippen molar-refractivity contribution in [2.75, 3.05) is 11.9 Å². The van der Waals surface area contributed by atoms with E-state index < -0.39 is 18.5 Å². The molecular formula is C20H22N2O4S. The maximum atomic E-state index is 12.2. The van der Waals surface area contributed by atoms with Crippen LogP contribution in [-0.4, -0.2) is 18.5 Å². The minimum Gasteiger partial charge on any atom is -0.457 e. The number of nitrogens with zero attached hydrogens (tertiary/aromatic N) is 1. The molecule has 0 bridgehead atoms. The van der Waals surface area contributed by atoms with E-state index >= 15 is 0 Å². The van der Waals surface area contributed by atoms with E-state index in [1.807, 2.05) is 0 Å². The van der Waals surface area contributed by atoms with Crippen LogP contribution in [0.2, 0.25) is 0 Å². The molecule has 142 valence electrons. The van der Waals surface area contributed by atoms with E-state index in [2.05, 4.69) is 32.2 Å². The van der Waals surface area contributed by atoms with Crippen LogP contribution < -0.4 is 5.32 Å². The molecule has 0 unspecified atom stereocenters. The third-order valence-electron chi connectivity index (χ3n) is 4.91. The predicted octanol–water partition coefficient (Wildman–Crippen LogP) is 4.16. The average molecular weight is 386 g/mol. The Bertz CT molecular complexity index is 884. The normalized spacial score (nSPS) is 16.3. The van der Waals surface area contributed by atoms with Crippen molar-refractivity contribution in [3.05, 3.63) is 40.2 Å². The maximum Gasteiger partial charge on any atom is 0.374 e. The topological polar surface area (TPSA) is 92.3 Å². The van der Waals surface area contributed by atoms with E-state index in [0.717, 1.165) is 24.8 Å². The number of amides is 1. The summed E-state index contributed by atoms with van der Waals surface area (Å²) in [4.78, 5) is 25.1. The number of rotatable bonds is 4. The van der Waals surface area contributed by atoms with Gasteiger partial charge in [-0.15, -0.1) is 11.3 Å². The SMILES string of the molecule is CC(C)(C)[C@@H]1CCc2c(sc(NC(=O)COC(=O)c3ccco3)c2C#N)C1. The van der Waals surface area contributed by atoms with Gasteiger partial charge in [0.1, 0.15) is 11.1 Å². The van der Waals surface area contributed by atoms with Crippen LogP contribution in [0.3, 0.4) is 0 Å². The first-order valence-corrected chi connectivity index (χ1v) is 9.66. The van der Waals surface area contributed by atoms with Gasteiger partial charge in [0.25, 0.3) is 5.91 Å². The molecule has 0 fully saturated rings. The summed E-state index contributed by atoms with van der Waals surface area (Å²) in [6.45, 7) is 6.27. The molecule has 0 radical (unpaired) electrons. The Morgan fingerprint density at radius 2 is 2.22 bits per heavy atom. The molecule has 2 aromatic rings. The summed E-state index contributed by atoms with van der Waals surface area (Å²) in [6, 6.07) is 5.25. The summed E-state index contributed by atoms with van der Waals surface area (Å²) in [5.74, 6) is -0.583. The highest BCUT2D eigenvalue weighted by atomic mass is 32.1. The van der Waals surface area contributed by atoms with Crippen molar-refractivity contribution in [3.8, 4) is 6.07 Å². The Kier molecular flexibility index (Phi) is 5.38. The molecule has 0 saturated carbocycles. The molecule has 2 heterocycles. The van der Waals surface area contributed by atoms with Gasteiger partial charge in [-0.3, -0.25) is 4.79 Å². The second-order valence-electron chi connectivity index (χ2n) is 7.73. The first-order chi connectivity index (χ1) is 12.8. The van der Waals surface area contributed by atoms with Crippen molar-refractivity contribution < 1.29 is 18.7 Å². The number of nitrogens with one attached hydrogen (secondary N) is 1. The lowest BCUT2D eigenvalue weighted by Gasteiger charge is -2.33. The second kappa shape index (κ2) is 7.57. The molecule has 1 aliphatic carbocycles. The fourth-order valence-corrected chi connectivity index (χ4v) is 4.59. The van der Waals surface area contributed by atoms with Gasteiger partial charge in [0.05, 0.1) is 11.8 Å². The lowest BCUT2D eigenvalue weighted by atomic mass is 9.72. The molecule has 0 aromatic carbocycles. The highest BCUT2D eigenvalue weighted by Crippen LogP contribution is 2.43. The molecule has 0 saturated heterocycles. The van der Waals surface area contributed by atoms with Crippen LogP contribution >= 0.6 is 11.3 Å². The van der Waals surface area contributed by atoms with E-state index in [-0.39, 0.29) is 11.2 Å². The zero-order chi connectivity index (χ0) is 19.6. The van der Waals surface area contributed by atoms with E-state index in [4.69, 9.17) is 9.15 Å². The number of thiophene rings is 1. The van der Waals surface area contributed by atoms with Gasteiger partial charge in [-0.25, -0.2) is 4.79 Å². The van der Waals surface area contributed by atoms with Gasteiger partial charge < -0.3 is 14.5 Å². The van der Waals surface area contributed by atoms with Gasteiger partial charge in [0.15, 0.2) is 6.61 Å². The number of furan rings is 1. The smallest absolute Gasteiger partial charge is 0.374 e. The van der Waals surface area contributed by atoms with E-state index in [0.29, 0.717) is 16.5 Å². The number of esters is 1. The number of carbonyl (C=O) groups is 2. The standard InChI is InChI=1S/C20H22N2O4S/c1-20(2,3)12-6-7-13-14(10-21)18(27-16(13)9-12)22-17(23)11-26-19(24)15-5-4-8-25-15/h4-5,8,12H,6-7,9,11H2,1-3H3,(H,22,23)/t12-/m1/s1. The highest BCUT2D eigenvalue weighted by molar-refractivity contribution is 7.16. The molecule has 1 atom stereocenters. The van der Waals surface area contributed by atoms with Gasteiger partial charge >= 0.3 is 5.97 Å². The Balaban J connectivity index is 1.67. The van der Waals surface area contributed by atoms with Crippen LogP contribution in [0.5, 0.6) is 0 Å². The van der Waals surface area contributed by atoms with E-state index in [9.17, 15) is 14.9 Å². The Morgan fingerprint density at radius 1 is 1.44 bits per heavy atom. The molecule has 0 aliphatic heterocycles. The summed E-state index contributed by atoms with van der Waals surface area (Å²) in [7, 11) is 0. The van der Waals surface area contributed by atoms with Gasteiger partial charge in [-0.2, -0.15) is 5.26 Å². The number of ether oxygens (including phenoxy) is 1. The third kappa shape index (κ3) is 4.22. The summed E-state index contributed by atoms with van der Waals surface area (Å²) in [5.41, 5.74) is 1.79. The molecule has 1 aliphatic rings. The fraction of sp³-hybridized carbons (Fsp3) is 0.450. The van der Waals surface area contributed by atoms with Gasteiger partial charge in [-0.05, 0) is 48.3 Å². The van der Waals surface area contributed by atoms with E-state index in [1.165, 1.54) is 28.5 Å². The minimum atomic E-state index is -0.700.